The molecule has 0 aliphatic carbocycles. The Kier molecular flexibility index (Phi) is 9.18. The Hall–Kier alpha value is -3.23. The Morgan fingerprint density at radius 1 is 1.06 bits per heavy atom. The van der Waals surface area contributed by atoms with Gasteiger partial charge in [-0.1, -0.05) is 48.5 Å². The van der Waals surface area contributed by atoms with E-state index in [9.17, 15) is 14.4 Å². The predicted molar refractivity (Wildman–Crippen MR) is 132 cm³/mol. The second kappa shape index (κ2) is 12.3. The number of benzene rings is 2. The van der Waals surface area contributed by atoms with Gasteiger partial charge in [-0.3, -0.25) is 14.5 Å². The van der Waals surface area contributed by atoms with Crippen LogP contribution in [0.4, 0.5) is 0 Å². The summed E-state index contributed by atoms with van der Waals surface area (Å²) in [4.78, 5) is 37.0. The molecule has 2 aromatic carbocycles. The summed E-state index contributed by atoms with van der Waals surface area (Å²) < 4.78 is 0. The molecule has 1 unspecified atom stereocenters. The number of hydrogen-bond donors (Lipinski definition) is 4. The van der Waals surface area contributed by atoms with Crippen molar-refractivity contribution < 1.29 is 19.5 Å². The maximum absolute atomic E-state index is 12.4. The molecule has 2 atom stereocenters. The van der Waals surface area contributed by atoms with Crippen molar-refractivity contribution in [1.29, 1.82) is 0 Å². The zero-order valence-corrected chi connectivity index (χ0v) is 19.8. The third-order valence-corrected chi connectivity index (χ3v) is 6.33. The van der Waals surface area contributed by atoms with E-state index in [1.807, 2.05) is 0 Å². The molecule has 1 aliphatic rings. The molecule has 8 nitrogen and oxygen atoms in total. The fraction of sp³-hybridized carbons (Fsp3) is 0.423. The van der Waals surface area contributed by atoms with Crippen molar-refractivity contribution in [3.63, 3.8) is 0 Å². The number of nitrogens with one attached hydrogen (secondary N) is 3. The molecule has 182 valence electrons. The number of aliphatic carboxylic acids is 1. The van der Waals surface area contributed by atoms with Gasteiger partial charge in [0.1, 0.15) is 0 Å². The Labute approximate surface area is 200 Å². The van der Waals surface area contributed by atoms with Crippen LogP contribution in [-0.4, -0.2) is 66.1 Å². The highest BCUT2D eigenvalue weighted by atomic mass is 16.4. The summed E-state index contributed by atoms with van der Waals surface area (Å²) in [5.74, 6) is -1.68. The van der Waals surface area contributed by atoms with E-state index < -0.39 is 12.0 Å². The molecular formula is C26H34N4O4. The lowest BCUT2D eigenvalue weighted by atomic mass is 9.96. The number of likely N-dealkylation sites (tertiary alicyclic amines) is 1. The van der Waals surface area contributed by atoms with E-state index in [2.05, 4.69) is 70.2 Å². The third kappa shape index (κ3) is 7.13. The number of hydrogen-bond acceptors (Lipinski definition) is 5. The van der Waals surface area contributed by atoms with Gasteiger partial charge in [0.05, 0.1) is 12.6 Å². The van der Waals surface area contributed by atoms with Crippen molar-refractivity contribution in [2.75, 3.05) is 26.2 Å². The number of piperidine rings is 1. The molecule has 8 heteroatoms. The zero-order chi connectivity index (χ0) is 24.5. The number of nitrogens with zero attached hydrogens (tertiary/aromatic N) is 1. The van der Waals surface area contributed by atoms with Gasteiger partial charge < -0.3 is 21.1 Å². The molecule has 1 saturated heterocycles. The van der Waals surface area contributed by atoms with Crippen LogP contribution in [0.15, 0.2) is 54.6 Å². The van der Waals surface area contributed by atoms with Crippen molar-refractivity contribution in [3.05, 3.63) is 60.2 Å². The highest BCUT2D eigenvalue weighted by Crippen LogP contribution is 2.30. The third-order valence-electron chi connectivity index (χ3n) is 6.33. The quantitative estimate of drug-likeness (QED) is 0.400. The first-order valence-corrected chi connectivity index (χ1v) is 11.8. The smallest absolute Gasteiger partial charge is 0.328 e. The summed E-state index contributed by atoms with van der Waals surface area (Å²) in [6.45, 7) is 5.91. The molecule has 3 rings (SSSR count). The largest absolute Gasteiger partial charge is 0.478 e. The van der Waals surface area contributed by atoms with Crippen LogP contribution < -0.4 is 16.0 Å². The molecule has 2 aromatic rings. The maximum atomic E-state index is 12.4. The maximum Gasteiger partial charge on any atom is 0.328 e. The van der Waals surface area contributed by atoms with Crippen LogP contribution in [0.25, 0.3) is 10.8 Å². The monoisotopic (exact) mass is 466 g/mol. The first kappa shape index (κ1) is 25.4. The van der Waals surface area contributed by atoms with E-state index in [1.165, 1.54) is 22.4 Å². The van der Waals surface area contributed by atoms with Crippen molar-refractivity contribution in [2.24, 2.45) is 0 Å². The first-order valence-electron chi connectivity index (χ1n) is 11.8. The van der Waals surface area contributed by atoms with Crippen molar-refractivity contribution in [2.45, 2.75) is 44.8 Å². The van der Waals surface area contributed by atoms with Crippen molar-refractivity contribution >= 4 is 28.6 Å². The van der Waals surface area contributed by atoms with Crippen LogP contribution in [0.1, 0.15) is 38.3 Å². The molecule has 4 N–H and O–H groups in total. The van der Waals surface area contributed by atoms with Crippen LogP contribution in [0, 0.1) is 0 Å². The van der Waals surface area contributed by atoms with Gasteiger partial charge >= 0.3 is 5.97 Å². The fourth-order valence-corrected chi connectivity index (χ4v) is 4.41. The predicted octanol–water partition coefficient (Wildman–Crippen LogP) is 2.22. The average molecular weight is 467 g/mol. The molecule has 0 bridgehead atoms. The molecule has 0 saturated carbocycles. The number of fused-ring (bicyclic) bond motifs is 1. The highest BCUT2D eigenvalue weighted by Gasteiger charge is 2.26. The van der Waals surface area contributed by atoms with Gasteiger partial charge in [-0.2, -0.15) is 0 Å². The van der Waals surface area contributed by atoms with E-state index >= 15 is 0 Å². The van der Waals surface area contributed by atoms with Crippen molar-refractivity contribution in [3.8, 4) is 0 Å². The Morgan fingerprint density at radius 2 is 1.76 bits per heavy atom. The summed E-state index contributed by atoms with van der Waals surface area (Å²) in [7, 11) is 0. The van der Waals surface area contributed by atoms with Crippen molar-refractivity contribution in [1.82, 2.24) is 20.9 Å². The summed E-state index contributed by atoms with van der Waals surface area (Å²) in [6, 6.07) is 15.1. The summed E-state index contributed by atoms with van der Waals surface area (Å²) in [6.07, 6.45) is 4.19. The Bertz CT molecular complexity index is 1030. The number of carboxylic acid groups (broad SMARTS) is 1. The van der Waals surface area contributed by atoms with Gasteiger partial charge in [-0.25, -0.2) is 4.79 Å². The molecule has 0 spiro atoms. The fourth-order valence-electron chi connectivity index (χ4n) is 4.41. The molecule has 1 heterocycles. The van der Waals surface area contributed by atoms with Gasteiger partial charge in [-0.15, -0.1) is 0 Å². The zero-order valence-electron chi connectivity index (χ0n) is 19.8. The standard InChI is InChI=1S/C26H34N4O4/c1-18(26(34)28-17-24(31)27-14-6-11-25(32)33)29-21-12-15-30(16-13-21)19(2)22-10-5-8-20-7-3-4-9-23(20)22/h3-11,18-19,21,29H,12-17H2,1-2H3,(H,27,31)(H,28,34)(H,32,33)/b11-6+/t18?,19-/m1/s1. The Balaban J connectivity index is 1.41. The van der Waals surface area contributed by atoms with Crippen LogP contribution in [-0.2, 0) is 14.4 Å². The lowest BCUT2D eigenvalue weighted by Gasteiger charge is -2.37. The molecule has 1 fully saturated rings. The number of carboxylic acids is 1. The van der Waals surface area contributed by atoms with Gasteiger partial charge in [0.2, 0.25) is 11.8 Å². The topological polar surface area (TPSA) is 111 Å². The average Bonchev–Trinajstić information content (AvgIpc) is 2.84. The molecular weight excluding hydrogens is 432 g/mol. The van der Waals surface area contributed by atoms with Gasteiger partial charge in [-0.05, 0) is 43.0 Å². The van der Waals surface area contributed by atoms with E-state index in [0.29, 0.717) is 6.04 Å². The second-order valence-electron chi connectivity index (χ2n) is 8.71. The number of rotatable bonds is 10. The van der Waals surface area contributed by atoms with Crippen LogP contribution in [0.2, 0.25) is 0 Å². The molecule has 34 heavy (non-hydrogen) atoms. The molecule has 0 aromatic heterocycles. The highest BCUT2D eigenvalue weighted by molar-refractivity contribution is 5.87. The van der Waals surface area contributed by atoms with Gasteiger partial charge in [0.25, 0.3) is 0 Å². The number of amides is 2. The van der Waals surface area contributed by atoms with Crippen LogP contribution >= 0.6 is 0 Å². The SMILES string of the molecule is CC(NC1CCN([C@H](C)c2cccc3ccccc23)CC1)C(=O)NCC(=O)NC/C=C/C(=O)O. The first-order chi connectivity index (χ1) is 16.3. The summed E-state index contributed by atoms with van der Waals surface area (Å²) in [5, 5.41) is 19.6. The van der Waals surface area contributed by atoms with E-state index in [0.717, 1.165) is 32.0 Å². The van der Waals surface area contributed by atoms with Crippen LogP contribution in [0.3, 0.4) is 0 Å². The molecule has 1 aliphatic heterocycles. The Morgan fingerprint density at radius 3 is 2.50 bits per heavy atom. The number of carbonyl (C=O) groups excluding carboxylic acids is 2. The molecule has 2 amide bonds. The lowest BCUT2D eigenvalue weighted by molar-refractivity contribution is -0.131. The normalized spacial score (nSPS) is 16.9. The van der Waals surface area contributed by atoms with Gasteiger partial charge in [0, 0.05) is 37.8 Å². The minimum atomic E-state index is -1.07. The van der Waals surface area contributed by atoms with Gasteiger partial charge in [0.15, 0.2) is 0 Å². The van der Waals surface area contributed by atoms with E-state index in [-0.39, 0.29) is 30.9 Å². The number of carbonyl (C=O) groups is 3. The lowest BCUT2D eigenvalue weighted by Crippen LogP contribution is -2.51. The minimum Gasteiger partial charge on any atom is -0.478 e. The summed E-state index contributed by atoms with van der Waals surface area (Å²) in [5.41, 5.74) is 1.34. The molecule has 0 radical (unpaired) electrons. The van der Waals surface area contributed by atoms with E-state index in [4.69, 9.17) is 5.11 Å². The second-order valence-corrected chi connectivity index (χ2v) is 8.71. The summed E-state index contributed by atoms with van der Waals surface area (Å²) >= 11 is 0. The van der Waals surface area contributed by atoms with E-state index in [1.54, 1.807) is 6.92 Å². The minimum absolute atomic E-state index is 0.102. The van der Waals surface area contributed by atoms with Crippen LogP contribution in [0.5, 0.6) is 0 Å².